The van der Waals surface area contributed by atoms with Crippen LogP contribution in [0.15, 0.2) is 23.1 Å². The summed E-state index contributed by atoms with van der Waals surface area (Å²) in [6, 6.07) is 5.45. The molecule has 0 radical (unpaired) electrons. The van der Waals surface area contributed by atoms with Crippen molar-refractivity contribution in [3.8, 4) is 0 Å². The molecule has 0 saturated heterocycles. The number of alkyl halides is 2. The number of hydrogen-bond acceptors (Lipinski definition) is 2. The van der Waals surface area contributed by atoms with Crippen LogP contribution in [0, 0.1) is 0 Å². The summed E-state index contributed by atoms with van der Waals surface area (Å²) in [4.78, 5) is 12.2. The summed E-state index contributed by atoms with van der Waals surface area (Å²) >= 11 is 13.2. The zero-order valence-electron chi connectivity index (χ0n) is 7.63. The van der Waals surface area contributed by atoms with E-state index in [-0.39, 0.29) is 10.6 Å². The molecule has 0 heterocycles. The van der Waals surface area contributed by atoms with E-state index in [1.54, 1.807) is 19.1 Å². The van der Waals surface area contributed by atoms with Crippen molar-refractivity contribution in [3.63, 3.8) is 0 Å². The van der Waals surface area contributed by atoms with Crippen LogP contribution in [0.3, 0.4) is 0 Å². The van der Waals surface area contributed by atoms with E-state index in [1.165, 1.54) is 0 Å². The number of hydrogen-bond donors (Lipinski definition) is 1. The predicted octanol–water partition coefficient (Wildman–Crippen LogP) is 3.68. The second-order valence-electron chi connectivity index (χ2n) is 2.97. The second kappa shape index (κ2) is 5.19. The average molecular weight is 294 g/mol. The topological polar surface area (TPSA) is 17.1 Å². The molecule has 1 atom stereocenters. The molecule has 0 aromatic heterocycles. The van der Waals surface area contributed by atoms with Crippen molar-refractivity contribution in [3.05, 3.63) is 29.3 Å². The van der Waals surface area contributed by atoms with Crippen molar-refractivity contribution in [2.75, 3.05) is 0 Å². The third kappa shape index (κ3) is 2.75. The number of thiol groups is 1. The summed E-state index contributed by atoms with van der Waals surface area (Å²) < 4.78 is 0. The molecule has 0 aliphatic heterocycles. The van der Waals surface area contributed by atoms with Gasteiger partial charge in [-0.05, 0) is 24.6 Å². The molecule has 0 spiro atoms. The molecule has 1 unspecified atom stereocenters. The lowest BCUT2D eigenvalue weighted by atomic mass is 10.1. The lowest BCUT2D eigenvalue weighted by Gasteiger charge is -2.07. The maximum Gasteiger partial charge on any atom is 0.177 e. The van der Waals surface area contributed by atoms with Crippen LogP contribution >= 0.6 is 40.2 Å². The van der Waals surface area contributed by atoms with Crippen molar-refractivity contribution >= 4 is 45.9 Å². The van der Waals surface area contributed by atoms with E-state index < -0.39 is 0 Å². The largest absolute Gasteiger partial charge is 0.293 e. The highest BCUT2D eigenvalue weighted by Gasteiger charge is 2.14. The van der Waals surface area contributed by atoms with Gasteiger partial charge in [-0.15, -0.1) is 24.2 Å². The van der Waals surface area contributed by atoms with Crippen LogP contribution in [0.1, 0.15) is 22.8 Å². The minimum Gasteiger partial charge on any atom is -0.293 e. The highest BCUT2D eigenvalue weighted by atomic mass is 79.9. The minimum absolute atomic E-state index is 0.0296. The molecule has 0 saturated carbocycles. The van der Waals surface area contributed by atoms with Gasteiger partial charge >= 0.3 is 0 Å². The summed E-state index contributed by atoms with van der Waals surface area (Å²) in [5, 5.41) is 0. The summed E-state index contributed by atoms with van der Waals surface area (Å²) in [5.41, 5.74) is 1.55. The average Bonchev–Trinajstić information content (AvgIpc) is 2.17. The first-order valence-corrected chi connectivity index (χ1v) is 6.02. The van der Waals surface area contributed by atoms with Gasteiger partial charge in [0.1, 0.15) is 0 Å². The number of rotatable bonds is 3. The standard InChI is InChI=1S/C10H10BrClOS/c1-6(11)10(13)8-4-7(5-12)2-3-9(8)14/h2-4,6,14H,5H2,1H3. The first kappa shape index (κ1) is 12.1. The zero-order chi connectivity index (χ0) is 10.7. The molecule has 0 aliphatic rings. The number of benzene rings is 1. The highest BCUT2D eigenvalue weighted by Crippen LogP contribution is 2.20. The monoisotopic (exact) mass is 292 g/mol. The van der Waals surface area contributed by atoms with E-state index >= 15 is 0 Å². The van der Waals surface area contributed by atoms with Gasteiger partial charge in [-0.2, -0.15) is 0 Å². The van der Waals surface area contributed by atoms with Crippen molar-refractivity contribution in [1.82, 2.24) is 0 Å². The van der Waals surface area contributed by atoms with Crippen LogP contribution in [0.25, 0.3) is 0 Å². The van der Waals surface area contributed by atoms with Crippen molar-refractivity contribution in [1.29, 1.82) is 0 Å². The molecule has 1 nitrogen and oxygen atoms in total. The van der Waals surface area contributed by atoms with Gasteiger partial charge < -0.3 is 0 Å². The molecule has 0 N–H and O–H groups in total. The molecule has 1 aromatic rings. The summed E-state index contributed by atoms with van der Waals surface area (Å²) in [5.74, 6) is 0.437. The highest BCUT2D eigenvalue weighted by molar-refractivity contribution is 9.10. The van der Waals surface area contributed by atoms with Crippen molar-refractivity contribution in [2.24, 2.45) is 0 Å². The molecule has 0 aliphatic carbocycles. The number of ketones is 1. The number of carbonyl (C=O) groups excluding carboxylic acids is 1. The van der Waals surface area contributed by atoms with E-state index in [9.17, 15) is 4.79 Å². The van der Waals surface area contributed by atoms with Crippen LogP contribution in [-0.4, -0.2) is 10.6 Å². The summed E-state index contributed by atoms with van der Waals surface area (Å²) in [6.07, 6.45) is 0. The van der Waals surface area contributed by atoms with E-state index in [0.717, 1.165) is 5.56 Å². The molecule has 0 bridgehead atoms. The molecule has 1 rings (SSSR count). The SMILES string of the molecule is CC(Br)C(=O)c1cc(CCl)ccc1S. The van der Waals surface area contributed by atoms with Gasteiger partial charge in [0, 0.05) is 16.3 Å². The van der Waals surface area contributed by atoms with Gasteiger partial charge in [0.25, 0.3) is 0 Å². The van der Waals surface area contributed by atoms with E-state index in [0.29, 0.717) is 16.3 Å². The Hall–Kier alpha value is 0.01000. The third-order valence-corrected chi connectivity index (χ3v) is 2.96. The smallest absolute Gasteiger partial charge is 0.177 e. The normalized spacial score (nSPS) is 12.6. The third-order valence-electron chi connectivity index (χ3n) is 1.84. The van der Waals surface area contributed by atoms with E-state index in [4.69, 9.17) is 11.6 Å². The maximum atomic E-state index is 11.7. The Labute approximate surface area is 102 Å². The maximum absolute atomic E-state index is 11.7. The van der Waals surface area contributed by atoms with E-state index in [2.05, 4.69) is 28.6 Å². The van der Waals surface area contributed by atoms with Crippen LogP contribution in [0.2, 0.25) is 0 Å². The summed E-state index contributed by atoms with van der Waals surface area (Å²) in [7, 11) is 0. The fraction of sp³-hybridized carbons (Fsp3) is 0.300. The van der Waals surface area contributed by atoms with Gasteiger partial charge in [-0.1, -0.05) is 22.0 Å². The first-order valence-electron chi connectivity index (χ1n) is 4.12. The van der Waals surface area contributed by atoms with Crippen LogP contribution in [0.5, 0.6) is 0 Å². The first-order chi connectivity index (χ1) is 6.56. The van der Waals surface area contributed by atoms with Crippen molar-refractivity contribution in [2.45, 2.75) is 22.5 Å². The van der Waals surface area contributed by atoms with E-state index in [1.807, 2.05) is 6.07 Å². The van der Waals surface area contributed by atoms with Crippen LogP contribution in [-0.2, 0) is 5.88 Å². The quantitative estimate of drug-likeness (QED) is 0.511. The lowest BCUT2D eigenvalue weighted by molar-refractivity contribution is 0.0993. The minimum atomic E-state index is -0.195. The molecule has 0 amide bonds. The second-order valence-corrected chi connectivity index (χ2v) is 5.09. The van der Waals surface area contributed by atoms with Crippen molar-refractivity contribution < 1.29 is 4.79 Å². The van der Waals surface area contributed by atoms with Gasteiger partial charge in [0.2, 0.25) is 0 Å². The molecule has 14 heavy (non-hydrogen) atoms. The molecular formula is C10H10BrClOS. The predicted molar refractivity (Wildman–Crippen MR) is 66.0 cm³/mol. The fourth-order valence-electron chi connectivity index (χ4n) is 1.08. The van der Waals surface area contributed by atoms with Gasteiger partial charge in [0.15, 0.2) is 5.78 Å². The Bertz CT molecular complexity index is 352. The molecule has 1 aromatic carbocycles. The van der Waals surface area contributed by atoms with Gasteiger partial charge in [0.05, 0.1) is 4.83 Å². The number of Topliss-reactive ketones (excluding diaryl/α,β-unsaturated/α-hetero) is 1. The molecule has 76 valence electrons. The Balaban J connectivity index is 3.12. The van der Waals surface area contributed by atoms with Gasteiger partial charge in [-0.3, -0.25) is 4.79 Å². The zero-order valence-corrected chi connectivity index (χ0v) is 10.9. The Morgan fingerprint density at radius 1 is 1.64 bits per heavy atom. The lowest BCUT2D eigenvalue weighted by Crippen LogP contribution is -2.11. The number of carbonyl (C=O) groups is 1. The fourth-order valence-corrected chi connectivity index (χ4v) is 1.74. The molecule has 0 fully saturated rings. The summed E-state index contributed by atoms with van der Waals surface area (Å²) in [6.45, 7) is 1.79. The van der Waals surface area contributed by atoms with Crippen LogP contribution in [0.4, 0.5) is 0 Å². The van der Waals surface area contributed by atoms with Gasteiger partial charge in [-0.25, -0.2) is 0 Å². The molecular weight excluding hydrogens is 284 g/mol. The Morgan fingerprint density at radius 3 is 2.79 bits per heavy atom. The number of halogens is 2. The Morgan fingerprint density at radius 2 is 2.29 bits per heavy atom. The van der Waals surface area contributed by atoms with Crippen LogP contribution < -0.4 is 0 Å². The Kier molecular flexibility index (Phi) is 4.48. The molecule has 4 heteroatoms.